The zero-order valence-corrected chi connectivity index (χ0v) is 12.4. The largest absolute Gasteiger partial charge is 0.284 e. The van der Waals surface area contributed by atoms with Crippen molar-refractivity contribution in [3.05, 3.63) is 36.7 Å². The molecular formula is C13H17N5OS. The molecule has 0 saturated carbocycles. The summed E-state index contributed by atoms with van der Waals surface area (Å²) in [6, 6.07) is 7.78. The monoisotopic (exact) mass is 291 g/mol. The van der Waals surface area contributed by atoms with Crippen molar-refractivity contribution in [1.29, 1.82) is 0 Å². The van der Waals surface area contributed by atoms with E-state index < -0.39 is 11.0 Å². The predicted molar refractivity (Wildman–Crippen MR) is 80.7 cm³/mol. The van der Waals surface area contributed by atoms with Crippen molar-refractivity contribution in [3.63, 3.8) is 0 Å². The van der Waals surface area contributed by atoms with Crippen LogP contribution in [0.3, 0.4) is 0 Å². The topological polar surface area (TPSA) is 75.6 Å². The number of anilines is 1. The van der Waals surface area contributed by atoms with Gasteiger partial charge < -0.3 is 0 Å². The lowest BCUT2D eigenvalue weighted by Gasteiger charge is -2.00. The number of benzene rings is 1. The van der Waals surface area contributed by atoms with Crippen LogP contribution in [0.2, 0.25) is 0 Å². The summed E-state index contributed by atoms with van der Waals surface area (Å²) in [5, 5.41) is 11.7. The van der Waals surface area contributed by atoms with Crippen LogP contribution in [-0.2, 0) is 18.0 Å². The van der Waals surface area contributed by atoms with E-state index in [1.165, 1.54) is 6.20 Å². The minimum Gasteiger partial charge on any atom is -0.284 e. The van der Waals surface area contributed by atoms with Crippen LogP contribution in [0.25, 0.3) is 10.9 Å². The molecule has 0 fully saturated rings. The minimum atomic E-state index is -1.37. The van der Waals surface area contributed by atoms with Gasteiger partial charge in [0.15, 0.2) is 16.8 Å². The van der Waals surface area contributed by atoms with Gasteiger partial charge in [-0.25, -0.2) is 4.21 Å². The Hall–Kier alpha value is -2.15. The molecule has 0 aliphatic carbocycles. The molecule has 3 aromatic rings. The summed E-state index contributed by atoms with van der Waals surface area (Å²) in [6.45, 7) is 4.00. The second kappa shape index (κ2) is 6.33. The molecule has 0 amide bonds. The average molecular weight is 291 g/mol. The van der Waals surface area contributed by atoms with Crippen LogP contribution in [0.5, 0.6) is 0 Å². The maximum absolute atomic E-state index is 12.0. The van der Waals surface area contributed by atoms with Crippen LogP contribution in [0.4, 0.5) is 5.82 Å². The van der Waals surface area contributed by atoms with Gasteiger partial charge in [-0.1, -0.05) is 26.0 Å². The minimum absolute atomic E-state index is 0.588. The third kappa shape index (κ3) is 2.72. The molecule has 1 aromatic carbocycles. The summed E-state index contributed by atoms with van der Waals surface area (Å²) in [5.41, 5.74) is 0.990. The van der Waals surface area contributed by atoms with Gasteiger partial charge >= 0.3 is 0 Å². The Bertz CT molecular complexity index is 705. The van der Waals surface area contributed by atoms with Gasteiger partial charge in [-0.3, -0.25) is 14.5 Å². The maximum atomic E-state index is 12.0. The van der Waals surface area contributed by atoms with Crippen molar-refractivity contribution in [2.75, 3.05) is 4.72 Å². The van der Waals surface area contributed by atoms with Crippen LogP contribution in [0.15, 0.2) is 41.6 Å². The van der Waals surface area contributed by atoms with Gasteiger partial charge in [0, 0.05) is 18.6 Å². The quantitative estimate of drug-likeness (QED) is 0.778. The first-order valence-electron chi connectivity index (χ1n) is 6.34. The van der Waals surface area contributed by atoms with Crippen molar-refractivity contribution >= 4 is 27.7 Å². The van der Waals surface area contributed by atoms with E-state index >= 15 is 0 Å². The summed E-state index contributed by atoms with van der Waals surface area (Å²) in [4.78, 5) is 0.588. The van der Waals surface area contributed by atoms with Gasteiger partial charge in [-0.2, -0.15) is 10.2 Å². The highest BCUT2D eigenvalue weighted by atomic mass is 32.2. The lowest BCUT2D eigenvalue weighted by molar-refractivity contribution is 0.686. The molecule has 3 rings (SSSR count). The van der Waals surface area contributed by atoms with Gasteiger partial charge in [0.05, 0.1) is 16.6 Å². The van der Waals surface area contributed by atoms with Gasteiger partial charge in [-0.15, -0.1) is 0 Å². The van der Waals surface area contributed by atoms with Gasteiger partial charge in [0.1, 0.15) is 0 Å². The van der Waals surface area contributed by atoms with E-state index in [4.69, 9.17) is 0 Å². The number of fused-ring (bicyclic) bond motifs is 1. The van der Waals surface area contributed by atoms with E-state index in [0.717, 1.165) is 10.9 Å². The molecule has 2 heterocycles. The third-order valence-corrected chi connectivity index (χ3v) is 3.66. The molecule has 0 bridgehead atoms. The number of hydrogen-bond donors (Lipinski definition) is 2. The number of hydrogen-bond acceptors (Lipinski definition) is 3. The van der Waals surface area contributed by atoms with E-state index in [2.05, 4.69) is 20.0 Å². The van der Waals surface area contributed by atoms with Crippen molar-refractivity contribution < 1.29 is 4.21 Å². The van der Waals surface area contributed by atoms with Crippen LogP contribution in [0.1, 0.15) is 13.8 Å². The Kier molecular flexibility index (Phi) is 4.52. The molecule has 0 saturated heterocycles. The highest BCUT2D eigenvalue weighted by molar-refractivity contribution is 7.86. The Morgan fingerprint density at radius 2 is 2.05 bits per heavy atom. The Labute approximate surface area is 119 Å². The summed E-state index contributed by atoms with van der Waals surface area (Å²) in [7, 11) is 0.490. The van der Waals surface area contributed by atoms with E-state index in [1.807, 2.05) is 45.2 Å². The second-order valence-corrected chi connectivity index (χ2v) is 5.01. The Morgan fingerprint density at radius 3 is 2.75 bits per heavy atom. The van der Waals surface area contributed by atoms with Crippen LogP contribution < -0.4 is 4.72 Å². The van der Waals surface area contributed by atoms with E-state index in [-0.39, 0.29) is 0 Å². The molecule has 6 nitrogen and oxygen atoms in total. The Balaban J connectivity index is 0.000000704. The highest BCUT2D eigenvalue weighted by Crippen LogP contribution is 2.22. The lowest BCUT2D eigenvalue weighted by atomic mass is 10.2. The lowest BCUT2D eigenvalue weighted by Crippen LogP contribution is -2.05. The van der Waals surface area contributed by atoms with Crippen molar-refractivity contribution in [3.8, 4) is 0 Å². The molecule has 106 valence electrons. The smallest absolute Gasteiger partial charge is 0.167 e. The van der Waals surface area contributed by atoms with Crippen molar-refractivity contribution in [2.24, 2.45) is 7.05 Å². The standard InChI is InChI=1S/C11H11N5OS.C2H6/c1-16-10-5-3-2-4-9(10)11(14-16)15-18(17)8-6-12-13-7-8;1-2/h2-7H,1H3,(H,12,13)(H,14,15);1-2H3. The fraction of sp³-hybridized carbons (Fsp3) is 0.231. The number of nitrogens with one attached hydrogen (secondary N) is 2. The SMILES string of the molecule is CC.Cn1nc(NS(=O)c2cn[nH]c2)c2ccccc21. The maximum Gasteiger partial charge on any atom is 0.167 e. The molecule has 0 spiro atoms. The summed E-state index contributed by atoms with van der Waals surface area (Å²) in [5.74, 6) is 0.604. The van der Waals surface area contributed by atoms with Crippen molar-refractivity contribution in [1.82, 2.24) is 20.0 Å². The number of nitrogens with zero attached hydrogens (tertiary/aromatic N) is 3. The van der Waals surface area contributed by atoms with Gasteiger partial charge in [-0.05, 0) is 12.1 Å². The molecule has 20 heavy (non-hydrogen) atoms. The number of rotatable bonds is 3. The van der Waals surface area contributed by atoms with Crippen molar-refractivity contribution in [2.45, 2.75) is 18.7 Å². The number of aromatic nitrogens is 4. The van der Waals surface area contributed by atoms with Gasteiger partial charge in [0.25, 0.3) is 0 Å². The zero-order chi connectivity index (χ0) is 14.5. The second-order valence-electron chi connectivity index (χ2n) is 3.79. The number of para-hydroxylation sites is 1. The fourth-order valence-corrected chi connectivity index (χ4v) is 2.53. The first kappa shape index (κ1) is 14.3. The molecule has 1 atom stereocenters. The van der Waals surface area contributed by atoms with E-state index in [0.29, 0.717) is 10.7 Å². The number of H-pyrrole nitrogens is 1. The van der Waals surface area contributed by atoms with E-state index in [1.54, 1.807) is 10.9 Å². The third-order valence-electron chi connectivity index (χ3n) is 2.63. The highest BCUT2D eigenvalue weighted by Gasteiger charge is 2.11. The predicted octanol–water partition coefficient (Wildman–Crippen LogP) is 2.46. The first-order valence-corrected chi connectivity index (χ1v) is 7.49. The molecule has 2 aromatic heterocycles. The molecular weight excluding hydrogens is 274 g/mol. The normalized spacial score (nSPS) is 11.8. The summed E-state index contributed by atoms with van der Waals surface area (Å²) in [6.07, 6.45) is 3.11. The Morgan fingerprint density at radius 1 is 1.30 bits per heavy atom. The number of aromatic amines is 1. The first-order chi connectivity index (χ1) is 9.75. The van der Waals surface area contributed by atoms with Crippen LogP contribution >= 0.6 is 0 Å². The van der Waals surface area contributed by atoms with E-state index in [9.17, 15) is 4.21 Å². The van der Waals surface area contributed by atoms with Crippen LogP contribution in [-0.4, -0.2) is 24.2 Å². The van der Waals surface area contributed by atoms with Crippen LogP contribution in [0, 0.1) is 0 Å². The molecule has 0 aliphatic heterocycles. The number of aryl methyl sites for hydroxylation is 1. The summed E-state index contributed by atoms with van der Waals surface area (Å²) >= 11 is 0. The molecule has 0 aliphatic rings. The molecule has 7 heteroatoms. The zero-order valence-electron chi connectivity index (χ0n) is 11.6. The molecule has 1 unspecified atom stereocenters. The fourth-order valence-electron chi connectivity index (χ4n) is 1.78. The molecule has 0 radical (unpaired) electrons. The van der Waals surface area contributed by atoms with Gasteiger partial charge in [0.2, 0.25) is 0 Å². The summed E-state index contributed by atoms with van der Waals surface area (Å²) < 4.78 is 16.7. The molecule has 2 N–H and O–H groups in total. The average Bonchev–Trinajstić information content (AvgIpc) is 3.11.